The lowest BCUT2D eigenvalue weighted by molar-refractivity contribution is -0.126. The molecule has 2 amide bonds. The third-order valence-corrected chi connectivity index (χ3v) is 5.81. The Hall–Kier alpha value is -2.54. The van der Waals surface area contributed by atoms with Gasteiger partial charge < -0.3 is 19.1 Å². The average molecular weight is 385 g/mol. The van der Waals surface area contributed by atoms with E-state index in [1.807, 2.05) is 12.1 Å². The van der Waals surface area contributed by atoms with E-state index in [1.165, 1.54) is 19.1 Å². The van der Waals surface area contributed by atoms with E-state index in [9.17, 15) is 9.59 Å². The lowest BCUT2D eigenvalue weighted by Gasteiger charge is -2.31. The van der Waals surface area contributed by atoms with Gasteiger partial charge in [0.05, 0.1) is 18.6 Å². The summed E-state index contributed by atoms with van der Waals surface area (Å²) >= 11 is 0. The zero-order chi connectivity index (χ0) is 19.3. The number of carbonyl (C=O) groups excluding carboxylic acids is 2. The summed E-state index contributed by atoms with van der Waals surface area (Å²) in [5.41, 5.74) is 0. The van der Waals surface area contributed by atoms with Crippen LogP contribution in [-0.4, -0.2) is 54.3 Å². The van der Waals surface area contributed by atoms with Crippen LogP contribution in [0.1, 0.15) is 48.0 Å². The van der Waals surface area contributed by atoms with Crippen LogP contribution in [0, 0.1) is 5.92 Å². The highest BCUT2D eigenvalue weighted by Gasteiger charge is 2.30. The van der Waals surface area contributed by atoms with Gasteiger partial charge in [0.15, 0.2) is 5.76 Å². The van der Waals surface area contributed by atoms with Crippen molar-refractivity contribution in [3.05, 3.63) is 48.3 Å². The molecule has 2 aliphatic heterocycles. The zero-order valence-corrected chi connectivity index (χ0v) is 16.0. The van der Waals surface area contributed by atoms with Gasteiger partial charge in [0, 0.05) is 25.6 Å². The molecule has 2 aromatic heterocycles. The van der Waals surface area contributed by atoms with Crippen LogP contribution in [0.3, 0.4) is 0 Å². The second-order valence-corrected chi connectivity index (χ2v) is 7.56. The lowest BCUT2D eigenvalue weighted by Crippen LogP contribution is -2.44. The molecule has 0 aliphatic carbocycles. The number of hydrogen-bond donors (Lipinski definition) is 1. The number of piperidine rings is 1. The molecule has 1 unspecified atom stereocenters. The molecule has 7 nitrogen and oxygen atoms in total. The SMILES string of the molecule is O=C(NCC(c1ccco1)N1CCCC1)C1CCN(C(=O)c2ccco2)CC1. The number of likely N-dealkylation sites (tertiary alicyclic amines) is 2. The van der Waals surface area contributed by atoms with Crippen LogP contribution in [0.25, 0.3) is 0 Å². The topological polar surface area (TPSA) is 78.9 Å². The second kappa shape index (κ2) is 8.65. The maximum Gasteiger partial charge on any atom is 0.289 e. The Balaban J connectivity index is 1.28. The average Bonchev–Trinajstić information content (AvgIpc) is 3.51. The quantitative estimate of drug-likeness (QED) is 0.827. The molecule has 28 heavy (non-hydrogen) atoms. The molecular formula is C21H27N3O4. The van der Waals surface area contributed by atoms with Gasteiger partial charge in [-0.1, -0.05) is 0 Å². The number of carbonyl (C=O) groups is 2. The van der Waals surface area contributed by atoms with Crippen molar-refractivity contribution in [1.29, 1.82) is 0 Å². The van der Waals surface area contributed by atoms with Gasteiger partial charge in [-0.25, -0.2) is 0 Å². The van der Waals surface area contributed by atoms with E-state index in [-0.39, 0.29) is 23.8 Å². The van der Waals surface area contributed by atoms with Gasteiger partial charge in [0.25, 0.3) is 5.91 Å². The molecule has 2 aliphatic rings. The molecule has 4 rings (SSSR count). The molecule has 7 heteroatoms. The first-order chi connectivity index (χ1) is 13.7. The summed E-state index contributed by atoms with van der Waals surface area (Å²) in [6.07, 6.45) is 6.91. The van der Waals surface area contributed by atoms with Gasteiger partial charge in [0.1, 0.15) is 5.76 Å². The Kier molecular flexibility index (Phi) is 5.81. The maximum absolute atomic E-state index is 12.7. The molecule has 0 bridgehead atoms. The van der Waals surface area contributed by atoms with Gasteiger partial charge in [-0.2, -0.15) is 0 Å². The first-order valence-electron chi connectivity index (χ1n) is 10.1. The van der Waals surface area contributed by atoms with Gasteiger partial charge in [-0.15, -0.1) is 0 Å². The van der Waals surface area contributed by atoms with E-state index in [0.717, 1.165) is 18.8 Å². The van der Waals surface area contributed by atoms with E-state index < -0.39 is 0 Å². The van der Waals surface area contributed by atoms with Crippen LogP contribution in [-0.2, 0) is 4.79 Å². The molecule has 2 aromatic rings. The molecule has 0 saturated carbocycles. The monoisotopic (exact) mass is 385 g/mol. The third-order valence-electron chi connectivity index (χ3n) is 5.81. The minimum absolute atomic E-state index is 0.0588. The summed E-state index contributed by atoms with van der Waals surface area (Å²) in [5.74, 6) is 1.17. The molecule has 4 heterocycles. The molecule has 0 spiro atoms. The van der Waals surface area contributed by atoms with Crippen molar-refractivity contribution in [2.45, 2.75) is 31.7 Å². The number of furan rings is 2. The van der Waals surface area contributed by atoms with E-state index in [1.54, 1.807) is 23.3 Å². The number of nitrogens with zero attached hydrogens (tertiary/aromatic N) is 2. The van der Waals surface area contributed by atoms with E-state index in [0.29, 0.717) is 38.2 Å². The van der Waals surface area contributed by atoms with Crippen LogP contribution in [0.15, 0.2) is 45.6 Å². The van der Waals surface area contributed by atoms with Crippen molar-refractivity contribution in [2.24, 2.45) is 5.92 Å². The minimum Gasteiger partial charge on any atom is -0.468 e. The van der Waals surface area contributed by atoms with Crippen molar-refractivity contribution in [1.82, 2.24) is 15.1 Å². The smallest absolute Gasteiger partial charge is 0.289 e. The fraction of sp³-hybridized carbons (Fsp3) is 0.524. The van der Waals surface area contributed by atoms with Gasteiger partial charge in [-0.05, 0) is 63.0 Å². The number of hydrogen-bond acceptors (Lipinski definition) is 5. The molecular weight excluding hydrogens is 358 g/mol. The molecule has 2 saturated heterocycles. The summed E-state index contributed by atoms with van der Waals surface area (Å²) in [7, 11) is 0. The summed E-state index contributed by atoms with van der Waals surface area (Å²) in [6, 6.07) is 7.35. The molecule has 1 N–H and O–H groups in total. The van der Waals surface area contributed by atoms with Crippen molar-refractivity contribution in [2.75, 3.05) is 32.7 Å². The number of rotatable bonds is 6. The fourth-order valence-electron chi connectivity index (χ4n) is 4.19. The number of amides is 2. The van der Waals surface area contributed by atoms with Gasteiger partial charge in [-0.3, -0.25) is 14.5 Å². The van der Waals surface area contributed by atoms with Crippen LogP contribution in [0.5, 0.6) is 0 Å². The van der Waals surface area contributed by atoms with Crippen LogP contribution >= 0.6 is 0 Å². The van der Waals surface area contributed by atoms with Crippen LogP contribution in [0.2, 0.25) is 0 Å². The standard InChI is InChI=1S/C21H27N3O4/c25-20(16-7-11-24(12-8-16)21(26)19-6-4-14-28-19)22-15-17(18-5-3-13-27-18)23-9-1-2-10-23/h3-6,13-14,16-17H,1-2,7-12,15H2,(H,22,25). The summed E-state index contributed by atoms with van der Waals surface area (Å²) in [4.78, 5) is 29.2. The minimum atomic E-state index is -0.101. The Morgan fingerprint density at radius 1 is 1.04 bits per heavy atom. The number of nitrogens with one attached hydrogen (secondary N) is 1. The normalized spacial score (nSPS) is 19.6. The lowest BCUT2D eigenvalue weighted by atomic mass is 9.95. The van der Waals surface area contributed by atoms with Gasteiger partial charge in [0.2, 0.25) is 5.91 Å². The van der Waals surface area contributed by atoms with Crippen molar-refractivity contribution >= 4 is 11.8 Å². The summed E-state index contributed by atoms with van der Waals surface area (Å²) in [6.45, 7) is 3.78. The van der Waals surface area contributed by atoms with Gasteiger partial charge >= 0.3 is 0 Å². The van der Waals surface area contributed by atoms with E-state index in [4.69, 9.17) is 8.83 Å². The molecule has 1 atom stereocenters. The largest absolute Gasteiger partial charge is 0.468 e. The Labute approximate surface area is 164 Å². The highest BCUT2D eigenvalue weighted by molar-refractivity contribution is 5.91. The Bertz CT molecular complexity index is 758. The zero-order valence-electron chi connectivity index (χ0n) is 16.0. The first-order valence-corrected chi connectivity index (χ1v) is 10.1. The predicted octanol–water partition coefficient (Wildman–Crippen LogP) is 2.68. The summed E-state index contributed by atoms with van der Waals surface area (Å²) < 4.78 is 10.8. The fourth-order valence-corrected chi connectivity index (χ4v) is 4.19. The van der Waals surface area contributed by atoms with Crippen molar-refractivity contribution in [3.8, 4) is 0 Å². The maximum atomic E-state index is 12.7. The molecule has 0 radical (unpaired) electrons. The van der Waals surface area contributed by atoms with Crippen molar-refractivity contribution < 1.29 is 18.4 Å². The van der Waals surface area contributed by atoms with Crippen molar-refractivity contribution in [3.63, 3.8) is 0 Å². The first kappa shape index (κ1) is 18.8. The molecule has 2 fully saturated rings. The van der Waals surface area contributed by atoms with E-state index >= 15 is 0 Å². The predicted molar refractivity (Wildman–Crippen MR) is 103 cm³/mol. The molecule has 0 aromatic carbocycles. The molecule has 150 valence electrons. The Morgan fingerprint density at radius 2 is 1.75 bits per heavy atom. The summed E-state index contributed by atoms with van der Waals surface area (Å²) in [5, 5.41) is 3.13. The van der Waals surface area contributed by atoms with E-state index in [2.05, 4.69) is 10.2 Å². The highest BCUT2D eigenvalue weighted by atomic mass is 16.3. The second-order valence-electron chi connectivity index (χ2n) is 7.56. The van der Waals surface area contributed by atoms with Crippen LogP contribution < -0.4 is 5.32 Å². The van der Waals surface area contributed by atoms with Crippen LogP contribution in [0.4, 0.5) is 0 Å². The highest BCUT2D eigenvalue weighted by Crippen LogP contribution is 2.25. The third kappa shape index (κ3) is 4.14. The Morgan fingerprint density at radius 3 is 2.39 bits per heavy atom.